The van der Waals surface area contributed by atoms with E-state index in [2.05, 4.69) is 24.5 Å². The predicted molar refractivity (Wildman–Crippen MR) is 79.1 cm³/mol. The number of rotatable bonds is 4. The first kappa shape index (κ1) is 14.8. The minimum atomic E-state index is -0.321. The fourth-order valence-electron chi connectivity index (χ4n) is 3.60. The topological polar surface area (TPSA) is 41.1 Å². The van der Waals surface area contributed by atoms with Crippen LogP contribution in [0.3, 0.4) is 0 Å². The molecule has 2 fully saturated rings. The molecule has 1 aliphatic carbocycles. The van der Waals surface area contributed by atoms with Gasteiger partial charge in [-0.1, -0.05) is 19.8 Å². The quantitative estimate of drug-likeness (QED) is 0.821. The van der Waals surface area contributed by atoms with Crippen molar-refractivity contribution >= 4 is 5.91 Å². The molecule has 1 atom stereocenters. The van der Waals surface area contributed by atoms with Gasteiger partial charge in [0.2, 0.25) is 5.91 Å². The Morgan fingerprint density at radius 1 is 1.26 bits per heavy atom. The van der Waals surface area contributed by atoms with Gasteiger partial charge < -0.3 is 10.6 Å². The SMILES string of the molecule is CCCC1CCC(NC(=O)C2(C)CCCCN2)CC1. The maximum atomic E-state index is 12.4. The molecule has 1 amide bonds. The number of carbonyl (C=O) groups excluding carboxylic acids is 1. The molecule has 2 aliphatic rings. The first-order chi connectivity index (χ1) is 9.14. The molecular weight excluding hydrogens is 236 g/mol. The second kappa shape index (κ2) is 6.74. The molecule has 0 aromatic rings. The molecule has 0 radical (unpaired) electrons. The van der Waals surface area contributed by atoms with Crippen LogP contribution >= 0.6 is 0 Å². The minimum Gasteiger partial charge on any atom is -0.352 e. The molecule has 19 heavy (non-hydrogen) atoms. The summed E-state index contributed by atoms with van der Waals surface area (Å²) < 4.78 is 0. The van der Waals surface area contributed by atoms with E-state index in [0.717, 1.165) is 18.9 Å². The van der Waals surface area contributed by atoms with Gasteiger partial charge in [-0.3, -0.25) is 4.79 Å². The Morgan fingerprint density at radius 3 is 2.58 bits per heavy atom. The standard InChI is InChI=1S/C16H30N2O/c1-3-6-13-7-9-14(10-8-13)18-15(19)16(2)11-4-5-12-17-16/h13-14,17H,3-12H2,1-2H3,(H,18,19). The molecule has 0 spiro atoms. The van der Waals surface area contributed by atoms with E-state index >= 15 is 0 Å². The lowest BCUT2D eigenvalue weighted by atomic mass is 9.83. The number of carbonyl (C=O) groups is 1. The molecule has 3 heteroatoms. The first-order valence-electron chi connectivity index (χ1n) is 8.20. The fourth-order valence-corrected chi connectivity index (χ4v) is 3.60. The Balaban J connectivity index is 1.77. The predicted octanol–water partition coefficient (Wildman–Crippen LogP) is 2.99. The number of piperidine rings is 1. The van der Waals surface area contributed by atoms with E-state index in [4.69, 9.17) is 0 Å². The van der Waals surface area contributed by atoms with Crippen molar-refractivity contribution in [1.29, 1.82) is 0 Å². The maximum absolute atomic E-state index is 12.4. The summed E-state index contributed by atoms with van der Waals surface area (Å²) >= 11 is 0. The molecule has 0 aromatic carbocycles. The molecule has 110 valence electrons. The maximum Gasteiger partial charge on any atom is 0.240 e. The number of nitrogens with one attached hydrogen (secondary N) is 2. The average Bonchev–Trinajstić information content (AvgIpc) is 2.42. The molecule has 2 rings (SSSR count). The van der Waals surface area contributed by atoms with E-state index in [-0.39, 0.29) is 11.4 Å². The van der Waals surface area contributed by atoms with Crippen molar-refractivity contribution in [1.82, 2.24) is 10.6 Å². The Labute approximate surface area is 117 Å². The van der Waals surface area contributed by atoms with E-state index in [1.54, 1.807) is 0 Å². The number of hydrogen-bond donors (Lipinski definition) is 2. The van der Waals surface area contributed by atoms with E-state index in [1.165, 1.54) is 51.4 Å². The summed E-state index contributed by atoms with van der Waals surface area (Å²) in [6.07, 6.45) is 10.9. The van der Waals surface area contributed by atoms with Crippen LogP contribution in [0.25, 0.3) is 0 Å². The first-order valence-corrected chi connectivity index (χ1v) is 8.20. The van der Waals surface area contributed by atoms with Crippen molar-refractivity contribution in [3.8, 4) is 0 Å². The van der Waals surface area contributed by atoms with Gasteiger partial charge in [-0.2, -0.15) is 0 Å². The van der Waals surface area contributed by atoms with Crippen LogP contribution in [0.4, 0.5) is 0 Å². The van der Waals surface area contributed by atoms with Crippen LogP contribution in [0.5, 0.6) is 0 Å². The van der Waals surface area contributed by atoms with Gasteiger partial charge in [-0.05, 0) is 64.3 Å². The largest absolute Gasteiger partial charge is 0.352 e. The van der Waals surface area contributed by atoms with Crippen molar-refractivity contribution in [3.05, 3.63) is 0 Å². The van der Waals surface area contributed by atoms with Crippen LogP contribution in [0.15, 0.2) is 0 Å². The minimum absolute atomic E-state index is 0.228. The summed E-state index contributed by atoms with van der Waals surface area (Å²) in [6.45, 7) is 5.31. The summed E-state index contributed by atoms with van der Waals surface area (Å²) in [4.78, 5) is 12.4. The van der Waals surface area contributed by atoms with Gasteiger partial charge >= 0.3 is 0 Å². The van der Waals surface area contributed by atoms with Gasteiger partial charge in [0.25, 0.3) is 0 Å². The smallest absolute Gasteiger partial charge is 0.240 e. The molecule has 1 saturated heterocycles. The van der Waals surface area contributed by atoms with E-state index in [9.17, 15) is 4.79 Å². The van der Waals surface area contributed by atoms with Gasteiger partial charge in [-0.25, -0.2) is 0 Å². The fraction of sp³-hybridized carbons (Fsp3) is 0.938. The highest BCUT2D eigenvalue weighted by molar-refractivity contribution is 5.86. The van der Waals surface area contributed by atoms with Crippen molar-refractivity contribution in [2.45, 2.75) is 83.2 Å². The Hall–Kier alpha value is -0.570. The molecule has 0 bridgehead atoms. The third-order valence-corrected chi connectivity index (χ3v) is 5.00. The van der Waals surface area contributed by atoms with Gasteiger partial charge in [0, 0.05) is 6.04 Å². The van der Waals surface area contributed by atoms with Crippen LogP contribution < -0.4 is 10.6 Å². The van der Waals surface area contributed by atoms with Gasteiger partial charge in [0.05, 0.1) is 5.54 Å². The Kier molecular flexibility index (Phi) is 5.26. The molecule has 1 aliphatic heterocycles. The van der Waals surface area contributed by atoms with Gasteiger partial charge in [-0.15, -0.1) is 0 Å². The zero-order chi connectivity index (χ0) is 13.7. The summed E-state index contributed by atoms with van der Waals surface area (Å²) in [5.74, 6) is 1.13. The summed E-state index contributed by atoms with van der Waals surface area (Å²) in [5.41, 5.74) is -0.321. The number of amides is 1. The molecule has 1 heterocycles. The van der Waals surface area contributed by atoms with Crippen LogP contribution in [0.1, 0.15) is 71.6 Å². The zero-order valence-corrected chi connectivity index (χ0v) is 12.6. The highest BCUT2D eigenvalue weighted by Crippen LogP contribution is 2.28. The number of hydrogen-bond acceptors (Lipinski definition) is 2. The molecular formula is C16H30N2O. The third kappa shape index (κ3) is 3.95. The summed E-state index contributed by atoms with van der Waals surface area (Å²) in [5, 5.41) is 6.69. The van der Waals surface area contributed by atoms with E-state index in [1.807, 2.05) is 0 Å². The molecule has 0 aromatic heterocycles. The molecule has 1 unspecified atom stereocenters. The summed E-state index contributed by atoms with van der Waals surface area (Å²) in [6, 6.07) is 0.418. The van der Waals surface area contributed by atoms with E-state index in [0.29, 0.717) is 6.04 Å². The molecule has 2 N–H and O–H groups in total. The summed E-state index contributed by atoms with van der Waals surface area (Å²) in [7, 11) is 0. The second-order valence-corrected chi connectivity index (χ2v) is 6.70. The van der Waals surface area contributed by atoms with Crippen LogP contribution in [-0.4, -0.2) is 24.0 Å². The van der Waals surface area contributed by atoms with E-state index < -0.39 is 0 Å². The Morgan fingerprint density at radius 2 is 2.00 bits per heavy atom. The van der Waals surface area contributed by atoms with Crippen LogP contribution in [0.2, 0.25) is 0 Å². The Bertz CT molecular complexity index is 289. The van der Waals surface area contributed by atoms with Crippen molar-refractivity contribution in [2.75, 3.05) is 6.54 Å². The van der Waals surface area contributed by atoms with Gasteiger partial charge in [0.15, 0.2) is 0 Å². The molecule has 3 nitrogen and oxygen atoms in total. The normalized spacial score (nSPS) is 35.9. The van der Waals surface area contributed by atoms with Crippen molar-refractivity contribution in [2.24, 2.45) is 5.92 Å². The second-order valence-electron chi connectivity index (χ2n) is 6.70. The third-order valence-electron chi connectivity index (χ3n) is 5.00. The van der Waals surface area contributed by atoms with Crippen molar-refractivity contribution in [3.63, 3.8) is 0 Å². The zero-order valence-electron chi connectivity index (χ0n) is 12.6. The van der Waals surface area contributed by atoms with Crippen LogP contribution in [0, 0.1) is 5.92 Å². The average molecular weight is 266 g/mol. The lowest BCUT2D eigenvalue weighted by molar-refractivity contribution is -0.129. The lowest BCUT2D eigenvalue weighted by Gasteiger charge is -2.36. The monoisotopic (exact) mass is 266 g/mol. The lowest BCUT2D eigenvalue weighted by Crippen LogP contribution is -2.58. The molecule has 1 saturated carbocycles. The van der Waals surface area contributed by atoms with Crippen molar-refractivity contribution < 1.29 is 4.79 Å². The van der Waals surface area contributed by atoms with Gasteiger partial charge in [0.1, 0.15) is 0 Å². The highest BCUT2D eigenvalue weighted by atomic mass is 16.2. The highest BCUT2D eigenvalue weighted by Gasteiger charge is 2.35. The van der Waals surface area contributed by atoms with Crippen LogP contribution in [-0.2, 0) is 4.79 Å².